The Kier molecular flexibility index (Phi) is 4.29. The van der Waals surface area contributed by atoms with Crippen molar-refractivity contribution in [2.24, 2.45) is 0 Å². The van der Waals surface area contributed by atoms with E-state index >= 15 is 0 Å². The molecule has 0 saturated heterocycles. The molecule has 0 aromatic carbocycles. The predicted molar refractivity (Wildman–Crippen MR) is 82.6 cm³/mol. The summed E-state index contributed by atoms with van der Waals surface area (Å²) in [5, 5.41) is 8.34. The minimum atomic E-state index is 0.672. The van der Waals surface area contributed by atoms with Crippen molar-refractivity contribution in [3.8, 4) is 5.95 Å². The lowest BCUT2D eigenvalue weighted by Crippen LogP contribution is -2.20. The Balaban J connectivity index is 1.87. The zero-order valence-electron chi connectivity index (χ0n) is 12.8. The van der Waals surface area contributed by atoms with E-state index in [-0.39, 0.29) is 0 Å². The van der Waals surface area contributed by atoms with Gasteiger partial charge in [-0.3, -0.25) is 0 Å². The van der Waals surface area contributed by atoms with Crippen LogP contribution in [0.15, 0.2) is 18.5 Å². The lowest BCUT2D eigenvalue weighted by atomic mass is 10.1. The topological polar surface area (TPSA) is 55.6 Å². The van der Waals surface area contributed by atoms with Gasteiger partial charge in [0, 0.05) is 18.4 Å². The maximum absolute atomic E-state index is 4.75. The van der Waals surface area contributed by atoms with Crippen molar-refractivity contribution in [2.45, 2.75) is 52.0 Å². The number of aromatic nitrogens is 4. The van der Waals surface area contributed by atoms with E-state index in [0.29, 0.717) is 5.95 Å². The van der Waals surface area contributed by atoms with Crippen LogP contribution in [-0.4, -0.2) is 32.3 Å². The first-order valence-electron chi connectivity index (χ1n) is 7.93. The van der Waals surface area contributed by atoms with Crippen molar-refractivity contribution in [3.63, 3.8) is 0 Å². The van der Waals surface area contributed by atoms with Gasteiger partial charge in [-0.15, -0.1) is 0 Å². The molecule has 5 nitrogen and oxygen atoms in total. The summed E-state index contributed by atoms with van der Waals surface area (Å²) in [5.74, 6) is 0.672. The summed E-state index contributed by atoms with van der Waals surface area (Å²) in [5.41, 5.74) is 3.80. The van der Waals surface area contributed by atoms with Crippen LogP contribution in [0.25, 0.3) is 5.95 Å². The molecule has 0 spiro atoms. The Bertz CT molecular complexity index is 586. The third-order valence-corrected chi connectivity index (χ3v) is 3.97. The lowest BCUT2D eigenvalue weighted by Gasteiger charge is -2.07. The molecular weight excluding hydrogens is 262 g/mol. The van der Waals surface area contributed by atoms with Crippen LogP contribution >= 0.6 is 0 Å². The van der Waals surface area contributed by atoms with Gasteiger partial charge in [0.15, 0.2) is 0 Å². The Morgan fingerprint density at radius 2 is 1.95 bits per heavy atom. The minimum absolute atomic E-state index is 0.672. The third-order valence-electron chi connectivity index (χ3n) is 3.97. The molecule has 0 amide bonds. The Labute approximate surface area is 125 Å². The first kappa shape index (κ1) is 14.2. The molecular formula is C16H23N5. The number of nitrogens with zero attached hydrogens (tertiary/aromatic N) is 4. The maximum Gasteiger partial charge on any atom is 0.250 e. The SMILES string of the molecule is CCc1nn(-c2ncccn2)c(CC)c1CCNC1CC1. The molecule has 2 heterocycles. The van der Waals surface area contributed by atoms with Crippen LogP contribution in [0.1, 0.15) is 43.6 Å². The van der Waals surface area contributed by atoms with E-state index in [4.69, 9.17) is 5.10 Å². The molecule has 1 saturated carbocycles. The summed E-state index contributed by atoms with van der Waals surface area (Å²) in [6.45, 7) is 5.37. The zero-order valence-corrected chi connectivity index (χ0v) is 12.8. The predicted octanol–water partition coefficient (Wildman–Crippen LogP) is 2.08. The average molecular weight is 285 g/mol. The second-order valence-corrected chi connectivity index (χ2v) is 5.52. The van der Waals surface area contributed by atoms with Crippen molar-refractivity contribution in [2.75, 3.05) is 6.54 Å². The molecule has 112 valence electrons. The highest BCUT2D eigenvalue weighted by molar-refractivity contribution is 5.31. The van der Waals surface area contributed by atoms with Gasteiger partial charge in [0.05, 0.1) is 11.4 Å². The van der Waals surface area contributed by atoms with Crippen molar-refractivity contribution < 1.29 is 0 Å². The maximum atomic E-state index is 4.75. The van der Waals surface area contributed by atoms with E-state index in [1.807, 2.05) is 10.7 Å². The monoisotopic (exact) mass is 285 g/mol. The highest BCUT2D eigenvalue weighted by Gasteiger charge is 2.21. The molecule has 1 aliphatic rings. The molecule has 2 aromatic rings. The van der Waals surface area contributed by atoms with E-state index < -0.39 is 0 Å². The van der Waals surface area contributed by atoms with E-state index in [2.05, 4.69) is 29.1 Å². The first-order chi connectivity index (χ1) is 10.3. The summed E-state index contributed by atoms with van der Waals surface area (Å²) in [6, 6.07) is 2.59. The van der Waals surface area contributed by atoms with Crippen LogP contribution < -0.4 is 5.32 Å². The number of rotatable bonds is 7. The minimum Gasteiger partial charge on any atom is -0.314 e. The summed E-state index contributed by atoms with van der Waals surface area (Å²) in [7, 11) is 0. The number of nitrogens with one attached hydrogen (secondary N) is 1. The van der Waals surface area contributed by atoms with Crippen LogP contribution in [0, 0.1) is 0 Å². The summed E-state index contributed by atoms with van der Waals surface area (Å²) < 4.78 is 1.92. The van der Waals surface area contributed by atoms with Gasteiger partial charge in [0.2, 0.25) is 0 Å². The van der Waals surface area contributed by atoms with Crippen molar-refractivity contribution in [1.29, 1.82) is 0 Å². The fourth-order valence-corrected chi connectivity index (χ4v) is 2.73. The first-order valence-corrected chi connectivity index (χ1v) is 7.93. The van der Waals surface area contributed by atoms with Crippen LogP contribution in [0.4, 0.5) is 0 Å². The number of hydrogen-bond donors (Lipinski definition) is 1. The molecule has 2 aromatic heterocycles. The molecule has 0 radical (unpaired) electrons. The third kappa shape index (κ3) is 3.13. The van der Waals surface area contributed by atoms with Crippen molar-refractivity contribution >= 4 is 0 Å². The molecule has 3 rings (SSSR count). The quantitative estimate of drug-likeness (QED) is 0.846. The molecule has 1 aliphatic carbocycles. The fourth-order valence-electron chi connectivity index (χ4n) is 2.73. The lowest BCUT2D eigenvalue weighted by molar-refractivity contribution is 0.676. The van der Waals surface area contributed by atoms with Gasteiger partial charge in [0.1, 0.15) is 0 Å². The molecule has 1 fully saturated rings. The Morgan fingerprint density at radius 3 is 2.57 bits per heavy atom. The summed E-state index contributed by atoms with van der Waals surface area (Å²) in [6.07, 6.45) is 9.13. The number of hydrogen-bond acceptors (Lipinski definition) is 4. The van der Waals surface area contributed by atoms with Gasteiger partial charge in [-0.05, 0) is 50.3 Å². The highest BCUT2D eigenvalue weighted by atomic mass is 15.4. The van der Waals surface area contributed by atoms with Crippen LogP contribution in [-0.2, 0) is 19.3 Å². The van der Waals surface area contributed by atoms with Crippen molar-refractivity contribution in [1.82, 2.24) is 25.1 Å². The van der Waals surface area contributed by atoms with Crippen LogP contribution in [0.2, 0.25) is 0 Å². The molecule has 21 heavy (non-hydrogen) atoms. The standard InChI is InChI=1S/C16H23N5/c1-3-14-13(8-11-17-12-6-7-12)15(4-2)21(20-14)16-18-9-5-10-19-16/h5,9-10,12,17H,3-4,6-8,11H2,1-2H3. The van der Waals surface area contributed by atoms with Crippen molar-refractivity contribution in [3.05, 3.63) is 35.4 Å². The molecule has 0 atom stereocenters. The van der Waals surface area contributed by atoms with Gasteiger partial charge < -0.3 is 5.32 Å². The highest BCUT2D eigenvalue weighted by Crippen LogP contribution is 2.21. The Hall–Kier alpha value is -1.75. The van der Waals surface area contributed by atoms with E-state index in [9.17, 15) is 0 Å². The van der Waals surface area contributed by atoms with Gasteiger partial charge in [0.25, 0.3) is 5.95 Å². The molecule has 0 aliphatic heterocycles. The second-order valence-electron chi connectivity index (χ2n) is 5.52. The molecule has 0 unspecified atom stereocenters. The Morgan fingerprint density at radius 1 is 1.19 bits per heavy atom. The smallest absolute Gasteiger partial charge is 0.250 e. The zero-order chi connectivity index (χ0) is 14.7. The van der Waals surface area contributed by atoms with Crippen LogP contribution in [0.5, 0.6) is 0 Å². The fraction of sp³-hybridized carbons (Fsp3) is 0.562. The van der Waals surface area contributed by atoms with Crippen LogP contribution in [0.3, 0.4) is 0 Å². The van der Waals surface area contributed by atoms with E-state index in [1.165, 1.54) is 29.8 Å². The van der Waals surface area contributed by atoms with E-state index in [0.717, 1.165) is 31.8 Å². The molecule has 1 N–H and O–H groups in total. The summed E-state index contributed by atoms with van der Waals surface area (Å²) >= 11 is 0. The normalized spacial score (nSPS) is 14.6. The van der Waals surface area contributed by atoms with Gasteiger partial charge in [-0.1, -0.05) is 13.8 Å². The second kappa shape index (κ2) is 6.35. The van der Waals surface area contributed by atoms with Gasteiger partial charge in [-0.2, -0.15) is 5.10 Å². The molecule has 0 bridgehead atoms. The van der Waals surface area contributed by atoms with Gasteiger partial charge >= 0.3 is 0 Å². The average Bonchev–Trinajstić information content (AvgIpc) is 3.28. The number of aryl methyl sites for hydroxylation is 1. The largest absolute Gasteiger partial charge is 0.314 e. The molecule has 5 heteroatoms. The van der Waals surface area contributed by atoms with E-state index in [1.54, 1.807) is 12.4 Å². The van der Waals surface area contributed by atoms with Gasteiger partial charge in [-0.25, -0.2) is 14.6 Å². The summed E-state index contributed by atoms with van der Waals surface area (Å²) in [4.78, 5) is 8.68.